The molecule has 0 aliphatic carbocycles. The average molecular weight is 413 g/mol. The first-order chi connectivity index (χ1) is 13.3. The van der Waals surface area contributed by atoms with E-state index in [2.05, 4.69) is 5.32 Å². The number of halogens is 3. The van der Waals surface area contributed by atoms with Crippen LogP contribution in [0.2, 0.25) is 0 Å². The maximum absolute atomic E-state index is 13.3. The minimum absolute atomic E-state index is 0.0125. The predicted octanol–water partition coefficient (Wildman–Crippen LogP) is 2.50. The third-order valence-electron chi connectivity index (χ3n) is 4.24. The van der Waals surface area contributed by atoms with Gasteiger partial charge in [0.1, 0.15) is 5.82 Å². The van der Waals surface area contributed by atoms with Gasteiger partial charge in [-0.05, 0) is 36.2 Å². The Kier molecular flexibility index (Phi) is 6.01. The number of carbonyl (C=O) groups is 1. The topological polar surface area (TPSA) is 69.7 Å². The third kappa shape index (κ3) is 4.70. The van der Waals surface area contributed by atoms with Gasteiger partial charge >= 0.3 is 0 Å². The zero-order valence-corrected chi connectivity index (χ0v) is 15.6. The number of hydrogen-bond acceptors (Lipinski definition) is 3. The number of carbonyl (C=O) groups excluding carboxylic acids is 1. The van der Waals surface area contributed by atoms with Crippen LogP contribution in [0.15, 0.2) is 42.5 Å². The quantitative estimate of drug-likeness (QED) is 0.819. The number of benzene rings is 2. The second-order valence-electron chi connectivity index (χ2n) is 6.34. The Hall–Kier alpha value is -2.43. The van der Waals surface area contributed by atoms with Gasteiger partial charge in [-0.2, -0.15) is 17.0 Å². The van der Waals surface area contributed by atoms with Crippen LogP contribution in [0.4, 0.5) is 18.9 Å². The van der Waals surface area contributed by atoms with E-state index in [1.807, 2.05) is 0 Å². The molecule has 0 spiro atoms. The van der Waals surface area contributed by atoms with Crippen LogP contribution in [-0.2, 0) is 21.5 Å². The average Bonchev–Trinajstić information content (AvgIpc) is 2.62. The van der Waals surface area contributed by atoms with Gasteiger partial charge in [-0.3, -0.25) is 4.79 Å². The van der Waals surface area contributed by atoms with Crippen molar-refractivity contribution >= 4 is 21.8 Å². The van der Waals surface area contributed by atoms with Crippen LogP contribution in [0.3, 0.4) is 0 Å². The summed E-state index contributed by atoms with van der Waals surface area (Å²) in [6.45, 7) is -0.0876. The van der Waals surface area contributed by atoms with E-state index in [1.165, 1.54) is 28.6 Å². The van der Waals surface area contributed by atoms with Gasteiger partial charge in [0.2, 0.25) is 5.91 Å². The van der Waals surface area contributed by atoms with Crippen LogP contribution in [0.5, 0.6) is 0 Å². The zero-order valence-electron chi connectivity index (χ0n) is 14.7. The molecule has 0 aromatic heterocycles. The predicted molar refractivity (Wildman–Crippen MR) is 96.9 cm³/mol. The van der Waals surface area contributed by atoms with E-state index < -0.39 is 40.1 Å². The van der Waals surface area contributed by atoms with Gasteiger partial charge in [-0.25, -0.2) is 13.2 Å². The van der Waals surface area contributed by atoms with Crippen molar-refractivity contribution in [2.24, 2.45) is 0 Å². The molecule has 1 saturated heterocycles. The minimum Gasteiger partial charge on any atom is -0.325 e. The molecule has 1 fully saturated rings. The second kappa shape index (κ2) is 8.29. The monoisotopic (exact) mass is 413 g/mol. The Balaban J connectivity index is 1.67. The molecule has 1 aliphatic rings. The Labute approximate surface area is 160 Å². The minimum atomic E-state index is -3.93. The molecule has 2 aromatic rings. The van der Waals surface area contributed by atoms with Crippen molar-refractivity contribution in [3.8, 4) is 0 Å². The first-order valence-electron chi connectivity index (χ1n) is 8.50. The number of nitrogens with one attached hydrogen (secondary N) is 1. The molecular weight excluding hydrogens is 395 g/mol. The molecule has 1 N–H and O–H groups in total. The highest BCUT2D eigenvalue weighted by atomic mass is 32.2. The molecule has 1 heterocycles. The van der Waals surface area contributed by atoms with E-state index in [0.717, 1.165) is 16.4 Å². The molecule has 28 heavy (non-hydrogen) atoms. The number of nitrogens with zero attached hydrogens (tertiary/aromatic N) is 2. The third-order valence-corrected chi connectivity index (χ3v) is 6.17. The summed E-state index contributed by atoms with van der Waals surface area (Å²) in [6, 6.07) is 8.49. The number of amides is 1. The summed E-state index contributed by atoms with van der Waals surface area (Å²) in [6.07, 6.45) is 0.493. The van der Waals surface area contributed by atoms with Crippen molar-refractivity contribution < 1.29 is 26.4 Å². The summed E-state index contributed by atoms with van der Waals surface area (Å²) in [5.74, 6) is -3.31. The number of hydrogen-bond donors (Lipinski definition) is 1. The van der Waals surface area contributed by atoms with Crippen LogP contribution in [0.1, 0.15) is 12.0 Å². The molecular formula is C18H18F3N3O3S. The van der Waals surface area contributed by atoms with Gasteiger partial charge < -0.3 is 5.32 Å². The summed E-state index contributed by atoms with van der Waals surface area (Å²) in [5, 5.41) is 2.35. The summed E-state index contributed by atoms with van der Waals surface area (Å²) < 4.78 is 67.2. The van der Waals surface area contributed by atoms with Gasteiger partial charge in [-0.15, -0.1) is 0 Å². The summed E-state index contributed by atoms with van der Waals surface area (Å²) in [4.78, 5) is 12.2. The van der Waals surface area contributed by atoms with E-state index in [4.69, 9.17) is 0 Å². The summed E-state index contributed by atoms with van der Waals surface area (Å²) in [7, 11) is -3.93. The molecule has 0 atom stereocenters. The van der Waals surface area contributed by atoms with Crippen LogP contribution in [0.25, 0.3) is 0 Å². The Morgan fingerprint density at radius 3 is 2.46 bits per heavy atom. The first-order valence-corrected chi connectivity index (χ1v) is 9.90. The highest BCUT2D eigenvalue weighted by Gasteiger charge is 2.34. The van der Waals surface area contributed by atoms with E-state index in [9.17, 15) is 26.4 Å². The molecule has 2 aromatic carbocycles. The molecule has 3 rings (SSSR count). The maximum Gasteiger partial charge on any atom is 0.282 e. The van der Waals surface area contributed by atoms with Crippen molar-refractivity contribution in [3.05, 3.63) is 65.5 Å². The first kappa shape index (κ1) is 20.3. The van der Waals surface area contributed by atoms with E-state index in [0.29, 0.717) is 12.0 Å². The largest absolute Gasteiger partial charge is 0.325 e. The van der Waals surface area contributed by atoms with E-state index >= 15 is 0 Å². The molecule has 0 saturated carbocycles. The lowest BCUT2D eigenvalue weighted by atomic mass is 10.2. The lowest BCUT2D eigenvalue weighted by molar-refractivity contribution is -0.116. The maximum atomic E-state index is 13.3. The number of rotatable bonds is 5. The molecule has 0 radical (unpaired) electrons. The summed E-state index contributed by atoms with van der Waals surface area (Å²) in [5.41, 5.74) is 0.520. The van der Waals surface area contributed by atoms with Gasteiger partial charge in [0.05, 0.1) is 6.54 Å². The zero-order chi connectivity index (χ0) is 20.3. The highest BCUT2D eigenvalue weighted by molar-refractivity contribution is 7.86. The highest BCUT2D eigenvalue weighted by Crippen LogP contribution is 2.20. The fourth-order valence-electron chi connectivity index (χ4n) is 2.91. The fraction of sp³-hybridized carbons (Fsp3) is 0.278. The van der Waals surface area contributed by atoms with Crippen LogP contribution in [0, 0.1) is 17.5 Å². The molecule has 10 heteroatoms. The SMILES string of the molecule is O=C(CN1CCCN(Cc2cccc(F)c2)S1(=O)=O)Nc1ccc(F)c(F)c1. The van der Waals surface area contributed by atoms with Crippen LogP contribution in [-0.4, -0.2) is 42.6 Å². The molecule has 150 valence electrons. The van der Waals surface area contributed by atoms with Crippen molar-refractivity contribution in [1.82, 2.24) is 8.61 Å². The van der Waals surface area contributed by atoms with Crippen LogP contribution < -0.4 is 5.32 Å². The van der Waals surface area contributed by atoms with E-state index in [1.54, 1.807) is 6.07 Å². The molecule has 0 unspecified atom stereocenters. The van der Waals surface area contributed by atoms with Crippen molar-refractivity contribution in [1.29, 1.82) is 0 Å². The van der Waals surface area contributed by atoms with Crippen LogP contribution >= 0.6 is 0 Å². The van der Waals surface area contributed by atoms with Crippen molar-refractivity contribution in [2.45, 2.75) is 13.0 Å². The van der Waals surface area contributed by atoms with E-state index in [-0.39, 0.29) is 25.3 Å². The van der Waals surface area contributed by atoms with Gasteiger partial charge in [0.15, 0.2) is 11.6 Å². The molecule has 1 amide bonds. The lowest BCUT2D eigenvalue weighted by Gasteiger charge is -2.34. The van der Waals surface area contributed by atoms with Crippen molar-refractivity contribution in [3.63, 3.8) is 0 Å². The molecule has 6 nitrogen and oxygen atoms in total. The second-order valence-corrected chi connectivity index (χ2v) is 8.26. The molecule has 1 aliphatic heterocycles. The fourth-order valence-corrected chi connectivity index (χ4v) is 4.55. The number of anilines is 1. The lowest BCUT2D eigenvalue weighted by Crippen LogP contribution is -2.51. The Bertz CT molecular complexity index is 985. The molecule has 0 bridgehead atoms. The summed E-state index contributed by atoms with van der Waals surface area (Å²) >= 11 is 0. The van der Waals surface area contributed by atoms with Gasteiger partial charge in [-0.1, -0.05) is 12.1 Å². The smallest absolute Gasteiger partial charge is 0.282 e. The Morgan fingerprint density at radius 2 is 1.75 bits per heavy atom. The standard InChI is InChI=1S/C18H18F3N3O3S/c19-14-4-1-3-13(9-14)11-23-7-2-8-24(28(23,26)27)12-18(25)22-15-5-6-16(20)17(21)10-15/h1,3-6,9-10H,2,7-8,11-12H2,(H,22,25). The van der Waals surface area contributed by atoms with Crippen molar-refractivity contribution in [2.75, 3.05) is 25.0 Å². The van der Waals surface area contributed by atoms with Gasteiger partial charge in [0.25, 0.3) is 10.2 Å². The van der Waals surface area contributed by atoms with Gasteiger partial charge in [0, 0.05) is 31.4 Å². The Morgan fingerprint density at radius 1 is 1.00 bits per heavy atom. The normalized spacial score (nSPS) is 17.4.